The molecular formula is C20H31N5O. The van der Waals surface area contributed by atoms with Crippen molar-refractivity contribution in [1.82, 2.24) is 20.4 Å². The van der Waals surface area contributed by atoms with E-state index < -0.39 is 0 Å². The molecule has 0 fully saturated rings. The Kier molecular flexibility index (Phi) is 7.21. The lowest BCUT2D eigenvalue weighted by atomic mass is 9.89. The maximum atomic E-state index is 5.60. The summed E-state index contributed by atoms with van der Waals surface area (Å²) in [7, 11) is 1.75. The number of rotatable bonds is 7. The van der Waals surface area contributed by atoms with E-state index in [0.29, 0.717) is 13.1 Å². The Balaban J connectivity index is 1.97. The predicted octanol–water partition coefficient (Wildman–Crippen LogP) is 2.99. The smallest absolute Gasteiger partial charge is 0.191 e. The van der Waals surface area contributed by atoms with E-state index >= 15 is 0 Å². The monoisotopic (exact) mass is 357 g/mol. The van der Waals surface area contributed by atoms with E-state index in [1.165, 1.54) is 0 Å². The molecule has 0 bridgehead atoms. The minimum Gasteiger partial charge on any atom is -0.379 e. The number of aliphatic imine (C=N–C) groups is 1. The first-order chi connectivity index (χ1) is 12.4. The fraction of sp³-hybridized carbons (Fsp3) is 0.500. The minimum absolute atomic E-state index is 0.0708. The van der Waals surface area contributed by atoms with E-state index in [0.717, 1.165) is 23.8 Å². The van der Waals surface area contributed by atoms with E-state index in [9.17, 15) is 0 Å². The topological polar surface area (TPSA) is 63.5 Å². The molecule has 26 heavy (non-hydrogen) atoms. The number of guanidine groups is 1. The largest absolute Gasteiger partial charge is 0.379 e. The van der Waals surface area contributed by atoms with Gasteiger partial charge in [-0.15, -0.1) is 0 Å². The van der Waals surface area contributed by atoms with Crippen LogP contribution in [0.4, 0.5) is 0 Å². The number of ether oxygens (including phenoxy) is 1. The van der Waals surface area contributed by atoms with Crippen LogP contribution < -0.4 is 10.6 Å². The Morgan fingerprint density at radius 2 is 1.96 bits per heavy atom. The molecule has 0 saturated carbocycles. The van der Waals surface area contributed by atoms with Crippen molar-refractivity contribution in [3.63, 3.8) is 0 Å². The lowest BCUT2D eigenvalue weighted by Gasteiger charge is -2.30. The normalized spacial score (nSPS) is 13.5. The Bertz CT molecular complexity index is 671. The third-order valence-corrected chi connectivity index (χ3v) is 4.17. The zero-order valence-electron chi connectivity index (χ0n) is 16.5. The highest BCUT2D eigenvalue weighted by Gasteiger charge is 2.24. The zero-order valence-corrected chi connectivity index (χ0v) is 16.5. The third kappa shape index (κ3) is 5.88. The fourth-order valence-corrected chi connectivity index (χ4v) is 2.62. The minimum atomic E-state index is 0.0708. The van der Waals surface area contributed by atoms with Crippen molar-refractivity contribution < 1.29 is 4.74 Å². The Morgan fingerprint density at radius 1 is 1.23 bits per heavy atom. The van der Waals surface area contributed by atoms with Gasteiger partial charge in [0.2, 0.25) is 0 Å². The van der Waals surface area contributed by atoms with Gasteiger partial charge in [0.15, 0.2) is 5.96 Å². The number of benzene rings is 1. The molecule has 1 aromatic carbocycles. The molecule has 0 spiro atoms. The van der Waals surface area contributed by atoms with Gasteiger partial charge in [-0.25, -0.2) is 9.67 Å². The van der Waals surface area contributed by atoms with Crippen LogP contribution in [0.15, 0.2) is 47.7 Å². The highest BCUT2D eigenvalue weighted by Crippen LogP contribution is 2.20. The van der Waals surface area contributed by atoms with E-state index in [2.05, 4.69) is 72.7 Å². The van der Waals surface area contributed by atoms with Crippen LogP contribution in [0.5, 0.6) is 0 Å². The summed E-state index contributed by atoms with van der Waals surface area (Å²) >= 11 is 0. The van der Waals surface area contributed by atoms with Gasteiger partial charge in [-0.3, -0.25) is 0 Å². The van der Waals surface area contributed by atoms with Gasteiger partial charge in [0.1, 0.15) is 0 Å². The van der Waals surface area contributed by atoms with Crippen LogP contribution in [-0.4, -0.2) is 42.0 Å². The quantitative estimate of drug-likeness (QED) is 0.591. The van der Waals surface area contributed by atoms with Gasteiger partial charge in [0.05, 0.1) is 18.3 Å². The van der Waals surface area contributed by atoms with Gasteiger partial charge >= 0.3 is 0 Å². The van der Waals surface area contributed by atoms with Crippen LogP contribution in [0, 0.1) is 5.41 Å². The molecule has 6 nitrogen and oxygen atoms in total. The maximum absolute atomic E-state index is 5.60. The van der Waals surface area contributed by atoms with Gasteiger partial charge in [-0.2, -0.15) is 5.10 Å². The van der Waals surface area contributed by atoms with Crippen LogP contribution in [0.3, 0.4) is 0 Å². The van der Waals surface area contributed by atoms with Crippen LogP contribution in [0.25, 0.3) is 5.69 Å². The maximum Gasteiger partial charge on any atom is 0.191 e. The van der Waals surface area contributed by atoms with Gasteiger partial charge in [-0.1, -0.05) is 32.9 Å². The molecule has 142 valence electrons. The second-order valence-electron chi connectivity index (χ2n) is 7.28. The van der Waals surface area contributed by atoms with E-state index in [1.807, 2.05) is 16.9 Å². The molecule has 2 N–H and O–H groups in total. The molecule has 2 rings (SSSR count). The van der Waals surface area contributed by atoms with Crippen LogP contribution in [0.1, 0.15) is 33.3 Å². The average Bonchev–Trinajstić information content (AvgIpc) is 3.14. The second-order valence-corrected chi connectivity index (χ2v) is 7.28. The number of methoxy groups -OCH3 is 1. The fourth-order valence-electron chi connectivity index (χ4n) is 2.62. The lowest BCUT2D eigenvalue weighted by Crippen LogP contribution is -2.45. The molecule has 0 amide bonds. The number of hydrogen-bond acceptors (Lipinski definition) is 3. The van der Waals surface area contributed by atoms with Crippen LogP contribution >= 0.6 is 0 Å². The van der Waals surface area contributed by atoms with Crippen molar-refractivity contribution >= 4 is 5.96 Å². The first-order valence-electron chi connectivity index (χ1n) is 9.08. The van der Waals surface area contributed by atoms with Crippen molar-refractivity contribution in [2.45, 2.75) is 40.3 Å². The van der Waals surface area contributed by atoms with E-state index in [1.54, 1.807) is 13.3 Å². The summed E-state index contributed by atoms with van der Waals surface area (Å²) in [5, 5.41) is 10.9. The van der Waals surface area contributed by atoms with Crippen molar-refractivity contribution in [2.24, 2.45) is 10.4 Å². The van der Waals surface area contributed by atoms with Crippen LogP contribution in [-0.2, 0) is 11.3 Å². The molecule has 0 aliphatic carbocycles. The van der Waals surface area contributed by atoms with Crippen molar-refractivity contribution in [1.29, 1.82) is 0 Å². The standard InChI is InChI=1S/C20H31N5O/c1-6-21-19(23-15-18(26-5)20(2,3)4)22-14-16-8-10-17(11-9-16)25-13-7-12-24-25/h7-13,18H,6,14-15H2,1-5H3,(H2,21,22,23). The molecule has 6 heteroatoms. The molecule has 2 aromatic rings. The van der Waals surface area contributed by atoms with Gasteiger partial charge in [0, 0.05) is 32.6 Å². The Morgan fingerprint density at radius 3 is 2.50 bits per heavy atom. The molecule has 1 aromatic heterocycles. The number of nitrogens with one attached hydrogen (secondary N) is 2. The summed E-state index contributed by atoms with van der Waals surface area (Å²) in [5.41, 5.74) is 2.26. The van der Waals surface area contributed by atoms with E-state index in [4.69, 9.17) is 4.74 Å². The zero-order chi connectivity index (χ0) is 19.0. The molecule has 0 saturated heterocycles. The third-order valence-electron chi connectivity index (χ3n) is 4.17. The SMILES string of the molecule is CCNC(=NCc1ccc(-n2cccn2)cc1)NCC(OC)C(C)(C)C. The Labute approximate surface area is 156 Å². The second kappa shape index (κ2) is 9.38. The highest BCUT2D eigenvalue weighted by atomic mass is 16.5. The van der Waals surface area contributed by atoms with E-state index in [-0.39, 0.29) is 11.5 Å². The van der Waals surface area contributed by atoms with Crippen molar-refractivity contribution in [3.05, 3.63) is 48.3 Å². The first kappa shape index (κ1) is 20.0. The van der Waals surface area contributed by atoms with Gasteiger partial charge in [-0.05, 0) is 36.1 Å². The average molecular weight is 358 g/mol. The summed E-state index contributed by atoms with van der Waals surface area (Å²) < 4.78 is 7.44. The molecule has 0 radical (unpaired) electrons. The summed E-state index contributed by atoms with van der Waals surface area (Å²) in [6.07, 6.45) is 3.82. The molecule has 0 aliphatic heterocycles. The highest BCUT2D eigenvalue weighted by molar-refractivity contribution is 5.79. The predicted molar refractivity (Wildman–Crippen MR) is 107 cm³/mol. The van der Waals surface area contributed by atoms with Crippen LogP contribution in [0.2, 0.25) is 0 Å². The summed E-state index contributed by atoms with van der Waals surface area (Å²) in [6, 6.07) is 10.2. The number of aromatic nitrogens is 2. The Hall–Kier alpha value is -2.34. The lowest BCUT2D eigenvalue weighted by molar-refractivity contribution is 0.0205. The number of nitrogens with zero attached hydrogens (tertiary/aromatic N) is 3. The van der Waals surface area contributed by atoms with Crippen molar-refractivity contribution in [2.75, 3.05) is 20.2 Å². The molecule has 1 atom stereocenters. The summed E-state index contributed by atoms with van der Waals surface area (Å²) in [4.78, 5) is 4.68. The first-order valence-corrected chi connectivity index (χ1v) is 9.08. The molecule has 1 unspecified atom stereocenters. The number of hydrogen-bond donors (Lipinski definition) is 2. The molecular weight excluding hydrogens is 326 g/mol. The van der Waals surface area contributed by atoms with Gasteiger partial charge in [0.25, 0.3) is 0 Å². The molecule has 0 aliphatic rings. The summed E-state index contributed by atoms with van der Waals surface area (Å²) in [5.74, 6) is 0.801. The summed E-state index contributed by atoms with van der Waals surface area (Å²) in [6.45, 7) is 10.7. The van der Waals surface area contributed by atoms with Gasteiger partial charge < -0.3 is 15.4 Å². The molecule has 1 heterocycles. The van der Waals surface area contributed by atoms with Crippen molar-refractivity contribution in [3.8, 4) is 5.69 Å².